The van der Waals surface area contributed by atoms with Crippen LogP contribution < -0.4 is 5.32 Å². The molecule has 1 amide bonds. The Bertz CT molecular complexity index is 706. The summed E-state index contributed by atoms with van der Waals surface area (Å²) in [6.07, 6.45) is 2.34. The lowest BCUT2D eigenvalue weighted by Gasteiger charge is -2.08. The highest BCUT2D eigenvalue weighted by Gasteiger charge is 2.05. The number of amides is 1. The Morgan fingerprint density at radius 2 is 1.81 bits per heavy atom. The van der Waals surface area contributed by atoms with Crippen LogP contribution in [0.15, 0.2) is 59.5 Å². The molecule has 2 rings (SSSR count). The Hall–Kier alpha value is -2.47. The molecular formula is C20H23NO4S. The lowest BCUT2D eigenvalue weighted by Crippen LogP contribution is -2.13. The molecule has 5 nitrogen and oxygen atoms in total. The SMILES string of the molecule is O=C(O)CCCCCSc1cccc(NC(=O)OCc2ccccc2)c1. The van der Waals surface area contributed by atoms with Crippen molar-refractivity contribution in [3.05, 3.63) is 60.2 Å². The molecule has 2 aromatic carbocycles. The van der Waals surface area contributed by atoms with Gasteiger partial charge < -0.3 is 9.84 Å². The summed E-state index contributed by atoms with van der Waals surface area (Å²) < 4.78 is 5.21. The Balaban J connectivity index is 1.70. The maximum atomic E-state index is 11.9. The molecule has 6 heteroatoms. The molecule has 0 aliphatic heterocycles. The van der Waals surface area contributed by atoms with Crippen LogP contribution in [0.5, 0.6) is 0 Å². The van der Waals surface area contributed by atoms with E-state index in [0.29, 0.717) is 12.1 Å². The van der Waals surface area contributed by atoms with Crippen molar-refractivity contribution in [2.24, 2.45) is 0 Å². The van der Waals surface area contributed by atoms with Gasteiger partial charge in [-0.2, -0.15) is 0 Å². The van der Waals surface area contributed by atoms with Crippen molar-refractivity contribution in [1.29, 1.82) is 0 Å². The van der Waals surface area contributed by atoms with E-state index in [1.165, 1.54) is 0 Å². The van der Waals surface area contributed by atoms with Gasteiger partial charge in [-0.05, 0) is 42.4 Å². The number of anilines is 1. The maximum Gasteiger partial charge on any atom is 0.411 e. The van der Waals surface area contributed by atoms with Crippen LogP contribution in [0.2, 0.25) is 0 Å². The molecule has 0 aromatic heterocycles. The summed E-state index contributed by atoms with van der Waals surface area (Å²) in [6.45, 7) is 0.234. The number of carboxylic acids is 1. The lowest BCUT2D eigenvalue weighted by molar-refractivity contribution is -0.137. The van der Waals surface area contributed by atoms with Gasteiger partial charge in [-0.3, -0.25) is 10.1 Å². The number of benzene rings is 2. The van der Waals surface area contributed by atoms with Gasteiger partial charge in [0.05, 0.1) is 0 Å². The number of carboxylic acid groups (broad SMARTS) is 1. The molecule has 138 valence electrons. The zero-order valence-corrected chi connectivity index (χ0v) is 15.3. The number of carbonyl (C=O) groups is 2. The Labute approximate surface area is 157 Å². The molecule has 0 unspecified atom stereocenters. The van der Waals surface area contributed by atoms with E-state index in [9.17, 15) is 9.59 Å². The summed E-state index contributed by atoms with van der Waals surface area (Å²) in [5, 5.41) is 11.3. The fourth-order valence-electron chi connectivity index (χ4n) is 2.29. The fourth-order valence-corrected chi connectivity index (χ4v) is 3.26. The summed E-state index contributed by atoms with van der Waals surface area (Å²) in [5.74, 6) is 0.178. The van der Waals surface area contributed by atoms with E-state index in [2.05, 4.69) is 5.32 Å². The first kappa shape index (κ1) is 19.8. The molecule has 0 heterocycles. The number of unbranched alkanes of at least 4 members (excludes halogenated alkanes) is 2. The number of carbonyl (C=O) groups excluding carboxylic acids is 1. The van der Waals surface area contributed by atoms with Crippen molar-refractivity contribution < 1.29 is 19.4 Å². The summed E-state index contributed by atoms with van der Waals surface area (Å²) in [7, 11) is 0. The van der Waals surface area contributed by atoms with Crippen LogP contribution in [0.25, 0.3) is 0 Å². The molecule has 0 bridgehead atoms. The van der Waals surface area contributed by atoms with Crippen molar-refractivity contribution in [1.82, 2.24) is 0 Å². The number of rotatable bonds is 10. The van der Waals surface area contributed by atoms with E-state index < -0.39 is 12.1 Å². The minimum atomic E-state index is -0.740. The summed E-state index contributed by atoms with van der Waals surface area (Å²) >= 11 is 1.69. The maximum absolute atomic E-state index is 11.9. The number of hydrogen-bond acceptors (Lipinski definition) is 4. The molecule has 0 atom stereocenters. The van der Waals surface area contributed by atoms with Gasteiger partial charge in [0, 0.05) is 17.0 Å². The van der Waals surface area contributed by atoms with Crippen molar-refractivity contribution >= 4 is 29.5 Å². The number of aliphatic carboxylic acids is 1. The van der Waals surface area contributed by atoms with Gasteiger partial charge in [0.1, 0.15) is 6.61 Å². The van der Waals surface area contributed by atoms with Gasteiger partial charge in [0.15, 0.2) is 0 Å². The quantitative estimate of drug-likeness (QED) is 0.444. The van der Waals surface area contributed by atoms with Gasteiger partial charge in [-0.15, -0.1) is 11.8 Å². The standard InChI is InChI=1S/C20H23NO4S/c22-19(23)12-5-2-6-13-26-18-11-7-10-17(14-18)21-20(24)25-15-16-8-3-1-4-9-16/h1,3-4,7-11,14H,2,5-6,12-13,15H2,(H,21,24)(H,22,23). The van der Waals surface area contributed by atoms with Crippen molar-refractivity contribution in [3.8, 4) is 0 Å². The molecular weight excluding hydrogens is 350 g/mol. The van der Waals surface area contributed by atoms with E-state index >= 15 is 0 Å². The third-order valence-corrected chi connectivity index (χ3v) is 4.68. The Morgan fingerprint density at radius 3 is 2.58 bits per heavy atom. The van der Waals surface area contributed by atoms with Gasteiger partial charge in [-0.25, -0.2) is 4.79 Å². The van der Waals surface area contributed by atoms with Crippen molar-refractivity contribution in [2.45, 2.75) is 37.2 Å². The van der Waals surface area contributed by atoms with Crippen LogP contribution in [0.3, 0.4) is 0 Å². The highest BCUT2D eigenvalue weighted by molar-refractivity contribution is 7.99. The van der Waals surface area contributed by atoms with Crippen LogP contribution in [-0.2, 0) is 16.1 Å². The van der Waals surface area contributed by atoms with E-state index in [0.717, 1.165) is 29.1 Å². The van der Waals surface area contributed by atoms with Gasteiger partial charge in [0.2, 0.25) is 0 Å². The number of ether oxygens (including phenoxy) is 1. The van der Waals surface area contributed by atoms with Crippen LogP contribution in [-0.4, -0.2) is 22.9 Å². The Kier molecular flexibility index (Phi) is 8.55. The highest BCUT2D eigenvalue weighted by atomic mass is 32.2. The number of thioether (sulfide) groups is 1. The van der Waals surface area contributed by atoms with Crippen LogP contribution in [0, 0.1) is 0 Å². The monoisotopic (exact) mass is 373 g/mol. The molecule has 0 radical (unpaired) electrons. The topological polar surface area (TPSA) is 75.6 Å². The molecule has 0 saturated heterocycles. The summed E-state index contributed by atoms with van der Waals surface area (Å²) in [5.41, 5.74) is 1.63. The molecule has 0 fully saturated rings. The molecule has 0 aliphatic rings. The molecule has 0 aliphatic carbocycles. The Morgan fingerprint density at radius 1 is 1.00 bits per heavy atom. The second-order valence-electron chi connectivity index (χ2n) is 5.77. The minimum Gasteiger partial charge on any atom is -0.481 e. The first-order valence-corrected chi connectivity index (χ1v) is 9.54. The second kappa shape index (κ2) is 11.2. The predicted molar refractivity (Wildman–Crippen MR) is 104 cm³/mol. The average molecular weight is 373 g/mol. The second-order valence-corrected chi connectivity index (χ2v) is 6.94. The third kappa shape index (κ3) is 8.07. The van der Waals surface area contributed by atoms with Crippen LogP contribution >= 0.6 is 11.8 Å². The van der Waals surface area contributed by atoms with E-state index in [4.69, 9.17) is 9.84 Å². The van der Waals surface area contributed by atoms with E-state index in [-0.39, 0.29) is 13.0 Å². The highest BCUT2D eigenvalue weighted by Crippen LogP contribution is 2.23. The summed E-state index contributed by atoms with van der Waals surface area (Å²) in [6, 6.07) is 17.1. The van der Waals surface area contributed by atoms with Crippen LogP contribution in [0.4, 0.5) is 10.5 Å². The largest absolute Gasteiger partial charge is 0.481 e. The average Bonchev–Trinajstić information content (AvgIpc) is 2.64. The number of nitrogens with one attached hydrogen (secondary N) is 1. The van der Waals surface area contributed by atoms with Crippen molar-refractivity contribution in [3.63, 3.8) is 0 Å². The first-order chi connectivity index (χ1) is 12.6. The first-order valence-electron chi connectivity index (χ1n) is 8.56. The molecule has 26 heavy (non-hydrogen) atoms. The minimum absolute atomic E-state index is 0.231. The zero-order valence-electron chi connectivity index (χ0n) is 14.5. The molecule has 2 N–H and O–H groups in total. The number of hydrogen-bond donors (Lipinski definition) is 2. The van der Waals surface area contributed by atoms with Crippen molar-refractivity contribution in [2.75, 3.05) is 11.1 Å². The third-order valence-electron chi connectivity index (χ3n) is 3.60. The van der Waals surface area contributed by atoms with Gasteiger partial charge >= 0.3 is 12.1 Å². The van der Waals surface area contributed by atoms with E-state index in [1.54, 1.807) is 11.8 Å². The van der Waals surface area contributed by atoms with Gasteiger partial charge in [0.25, 0.3) is 0 Å². The normalized spacial score (nSPS) is 10.3. The zero-order chi connectivity index (χ0) is 18.6. The summed E-state index contributed by atoms with van der Waals surface area (Å²) in [4.78, 5) is 23.4. The molecule has 0 saturated carbocycles. The lowest BCUT2D eigenvalue weighted by atomic mass is 10.2. The van der Waals surface area contributed by atoms with E-state index in [1.807, 2.05) is 54.6 Å². The molecule has 0 spiro atoms. The fraction of sp³-hybridized carbons (Fsp3) is 0.300. The molecule has 2 aromatic rings. The smallest absolute Gasteiger partial charge is 0.411 e. The van der Waals surface area contributed by atoms with Crippen LogP contribution in [0.1, 0.15) is 31.2 Å². The predicted octanol–water partition coefficient (Wildman–Crippen LogP) is 5.17. The van der Waals surface area contributed by atoms with Gasteiger partial charge in [-0.1, -0.05) is 42.8 Å².